The number of hydrogen-bond acceptors (Lipinski definition) is 5. The number of anilines is 1. The monoisotopic (exact) mass is 313 g/mol. The van der Waals surface area contributed by atoms with E-state index in [4.69, 9.17) is 15.2 Å². The maximum atomic E-state index is 5.86. The van der Waals surface area contributed by atoms with Gasteiger partial charge in [0.2, 0.25) is 0 Å². The van der Waals surface area contributed by atoms with Crippen LogP contribution in [0.1, 0.15) is 12.8 Å². The molecule has 0 bridgehead atoms. The van der Waals surface area contributed by atoms with Crippen LogP contribution in [0.2, 0.25) is 0 Å². The molecular formula is C18H23N3O2. The molecule has 1 fully saturated rings. The molecule has 2 heterocycles. The molecule has 0 aliphatic carbocycles. The number of methoxy groups -OCH3 is 1. The number of nitrogens with two attached hydrogens (primary N) is 1. The number of ether oxygens (including phenoxy) is 2. The molecule has 5 nitrogen and oxygen atoms in total. The fourth-order valence-electron chi connectivity index (χ4n) is 2.87. The minimum Gasteiger partial charge on any atom is -0.496 e. The molecule has 0 unspecified atom stereocenters. The molecule has 122 valence electrons. The standard InChI is InChI=1S/C18H23N3O2/c1-22-17-13-14(23-12-11-21-9-2-3-10-21)7-8-15(17)16-5-4-6-18(19)20-16/h4-8,13H,2-3,9-12H2,1H3,(H2,19,20). The van der Waals surface area contributed by atoms with Crippen LogP contribution < -0.4 is 15.2 Å². The summed E-state index contributed by atoms with van der Waals surface area (Å²) < 4.78 is 11.3. The van der Waals surface area contributed by atoms with Crippen LogP contribution in [-0.2, 0) is 0 Å². The van der Waals surface area contributed by atoms with Crippen LogP contribution in [0, 0.1) is 0 Å². The quantitative estimate of drug-likeness (QED) is 0.888. The molecule has 0 radical (unpaired) electrons. The minimum atomic E-state index is 0.496. The van der Waals surface area contributed by atoms with Crippen LogP contribution in [0.15, 0.2) is 36.4 Å². The highest BCUT2D eigenvalue weighted by Gasteiger charge is 2.12. The molecule has 1 aliphatic heterocycles. The summed E-state index contributed by atoms with van der Waals surface area (Å²) in [5.74, 6) is 2.05. The highest BCUT2D eigenvalue weighted by molar-refractivity contribution is 5.69. The lowest BCUT2D eigenvalue weighted by Gasteiger charge is -2.16. The van der Waals surface area contributed by atoms with Crippen molar-refractivity contribution in [2.45, 2.75) is 12.8 Å². The van der Waals surface area contributed by atoms with Crippen LogP contribution in [0.4, 0.5) is 5.82 Å². The summed E-state index contributed by atoms with van der Waals surface area (Å²) in [6.45, 7) is 4.04. The zero-order valence-electron chi connectivity index (χ0n) is 13.5. The Morgan fingerprint density at radius 2 is 2.00 bits per heavy atom. The molecule has 0 saturated carbocycles. The van der Waals surface area contributed by atoms with E-state index < -0.39 is 0 Å². The van der Waals surface area contributed by atoms with Crippen molar-refractivity contribution in [2.24, 2.45) is 0 Å². The predicted octanol–water partition coefficient (Wildman–Crippen LogP) is 2.81. The van der Waals surface area contributed by atoms with Crippen molar-refractivity contribution < 1.29 is 9.47 Å². The Morgan fingerprint density at radius 3 is 2.74 bits per heavy atom. The van der Waals surface area contributed by atoms with Gasteiger partial charge >= 0.3 is 0 Å². The lowest BCUT2D eigenvalue weighted by molar-refractivity contribution is 0.237. The second kappa shape index (κ2) is 7.33. The maximum Gasteiger partial charge on any atom is 0.131 e. The Balaban J connectivity index is 1.69. The van der Waals surface area contributed by atoms with E-state index in [2.05, 4.69) is 9.88 Å². The highest BCUT2D eigenvalue weighted by Crippen LogP contribution is 2.32. The molecule has 1 aromatic carbocycles. The van der Waals surface area contributed by atoms with Gasteiger partial charge in [-0.1, -0.05) is 6.07 Å². The lowest BCUT2D eigenvalue weighted by atomic mass is 10.1. The topological polar surface area (TPSA) is 60.6 Å². The first-order valence-electron chi connectivity index (χ1n) is 8.02. The number of nitrogens with zero attached hydrogens (tertiary/aromatic N) is 2. The van der Waals surface area contributed by atoms with E-state index in [9.17, 15) is 0 Å². The van der Waals surface area contributed by atoms with E-state index in [1.165, 1.54) is 25.9 Å². The molecule has 3 rings (SSSR count). The van der Waals surface area contributed by atoms with Crippen molar-refractivity contribution in [2.75, 3.05) is 39.1 Å². The first-order valence-corrected chi connectivity index (χ1v) is 8.02. The van der Waals surface area contributed by atoms with Gasteiger partial charge in [-0.2, -0.15) is 0 Å². The Kier molecular flexibility index (Phi) is 4.98. The zero-order valence-corrected chi connectivity index (χ0v) is 13.5. The summed E-state index contributed by atoms with van der Waals surface area (Å²) >= 11 is 0. The molecule has 2 N–H and O–H groups in total. The van der Waals surface area contributed by atoms with E-state index in [0.717, 1.165) is 29.3 Å². The van der Waals surface area contributed by atoms with E-state index >= 15 is 0 Å². The van der Waals surface area contributed by atoms with Crippen molar-refractivity contribution >= 4 is 5.82 Å². The molecule has 2 aromatic rings. The first kappa shape index (κ1) is 15.6. The largest absolute Gasteiger partial charge is 0.496 e. The van der Waals surface area contributed by atoms with Gasteiger partial charge in [0, 0.05) is 18.2 Å². The fourth-order valence-corrected chi connectivity index (χ4v) is 2.87. The van der Waals surface area contributed by atoms with Gasteiger partial charge in [0.05, 0.1) is 12.8 Å². The minimum absolute atomic E-state index is 0.496. The smallest absolute Gasteiger partial charge is 0.131 e. The summed E-state index contributed by atoms with van der Waals surface area (Å²) in [4.78, 5) is 6.78. The molecule has 5 heteroatoms. The lowest BCUT2D eigenvalue weighted by Crippen LogP contribution is -2.25. The van der Waals surface area contributed by atoms with Gasteiger partial charge in [0.15, 0.2) is 0 Å². The van der Waals surface area contributed by atoms with Crippen LogP contribution in [0.3, 0.4) is 0 Å². The summed E-state index contributed by atoms with van der Waals surface area (Å²) in [7, 11) is 1.65. The van der Waals surface area contributed by atoms with Gasteiger partial charge in [-0.3, -0.25) is 4.90 Å². The average molecular weight is 313 g/mol. The van der Waals surface area contributed by atoms with Crippen molar-refractivity contribution in [1.29, 1.82) is 0 Å². The second-order valence-corrected chi connectivity index (χ2v) is 5.71. The van der Waals surface area contributed by atoms with Crippen molar-refractivity contribution in [3.05, 3.63) is 36.4 Å². The van der Waals surface area contributed by atoms with Crippen LogP contribution >= 0.6 is 0 Å². The average Bonchev–Trinajstić information content (AvgIpc) is 3.08. The molecule has 0 amide bonds. The third-order valence-electron chi connectivity index (χ3n) is 4.09. The second-order valence-electron chi connectivity index (χ2n) is 5.71. The number of nitrogen functional groups attached to an aromatic ring is 1. The van der Waals surface area contributed by atoms with Gasteiger partial charge in [-0.25, -0.2) is 4.98 Å². The van der Waals surface area contributed by atoms with Crippen LogP contribution in [0.5, 0.6) is 11.5 Å². The Hall–Kier alpha value is -2.27. The number of likely N-dealkylation sites (tertiary alicyclic amines) is 1. The molecule has 23 heavy (non-hydrogen) atoms. The Morgan fingerprint density at radius 1 is 1.17 bits per heavy atom. The van der Waals surface area contributed by atoms with Crippen LogP contribution in [0.25, 0.3) is 11.3 Å². The van der Waals surface area contributed by atoms with E-state index in [1.54, 1.807) is 13.2 Å². The van der Waals surface area contributed by atoms with Gasteiger partial charge in [-0.05, 0) is 50.2 Å². The van der Waals surface area contributed by atoms with E-state index in [0.29, 0.717) is 12.4 Å². The van der Waals surface area contributed by atoms with Gasteiger partial charge < -0.3 is 15.2 Å². The van der Waals surface area contributed by atoms with Gasteiger partial charge in [0.25, 0.3) is 0 Å². The first-order chi connectivity index (χ1) is 11.3. The van der Waals surface area contributed by atoms with Crippen molar-refractivity contribution in [3.63, 3.8) is 0 Å². The number of hydrogen-bond donors (Lipinski definition) is 1. The summed E-state index contributed by atoms with van der Waals surface area (Å²) in [6.07, 6.45) is 2.60. The van der Waals surface area contributed by atoms with Crippen molar-refractivity contribution in [3.8, 4) is 22.8 Å². The molecule has 1 aliphatic rings. The number of rotatable bonds is 6. The number of aromatic nitrogens is 1. The Bertz CT molecular complexity index is 654. The normalized spacial score (nSPS) is 14.8. The fraction of sp³-hybridized carbons (Fsp3) is 0.389. The van der Waals surface area contributed by atoms with E-state index in [1.807, 2.05) is 30.3 Å². The molecule has 0 atom stereocenters. The number of benzene rings is 1. The molecule has 0 spiro atoms. The SMILES string of the molecule is COc1cc(OCCN2CCCC2)ccc1-c1cccc(N)n1. The number of pyridine rings is 1. The van der Waals surface area contributed by atoms with Crippen LogP contribution in [-0.4, -0.2) is 43.2 Å². The molecular weight excluding hydrogens is 290 g/mol. The maximum absolute atomic E-state index is 5.86. The van der Waals surface area contributed by atoms with Crippen molar-refractivity contribution in [1.82, 2.24) is 9.88 Å². The van der Waals surface area contributed by atoms with Gasteiger partial charge in [-0.15, -0.1) is 0 Å². The van der Waals surface area contributed by atoms with Gasteiger partial charge in [0.1, 0.15) is 23.9 Å². The predicted molar refractivity (Wildman–Crippen MR) is 91.8 cm³/mol. The highest BCUT2D eigenvalue weighted by atomic mass is 16.5. The van der Waals surface area contributed by atoms with E-state index in [-0.39, 0.29) is 0 Å². The Labute approximate surface area is 137 Å². The third-order valence-corrected chi connectivity index (χ3v) is 4.09. The summed E-state index contributed by atoms with van der Waals surface area (Å²) in [6, 6.07) is 11.4. The zero-order chi connectivity index (χ0) is 16.1. The molecule has 1 saturated heterocycles. The summed E-state index contributed by atoms with van der Waals surface area (Å²) in [5.41, 5.74) is 7.47. The third kappa shape index (κ3) is 3.93. The summed E-state index contributed by atoms with van der Waals surface area (Å²) in [5, 5.41) is 0. The molecule has 1 aromatic heterocycles.